The van der Waals surface area contributed by atoms with Gasteiger partial charge in [-0.1, -0.05) is 6.07 Å². The molecule has 0 unspecified atom stereocenters. The number of hydrogen-bond donors (Lipinski definition) is 1. The van der Waals surface area contributed by atoms with E-state index in [-0.39, 0.29) is 17.8 Å². The second-order valence-electron chi connectivity index (χ2n) is 4.53. The number of nitrogens with zero attached hydrogens (tertiary/aromatic N) is 1. The minimum atomic E-state index is -4.60. The number of amides is 1. The predicted octanol–water partition coefficient (Wildman–Crippen LogP) is 2.84. The first-order chi connectivity index (χ1) is 9.79. The van der Waals surface area contributed by atoms with E-state index in [1.54, 1.807) is 0 Å². The van der Waals surface area contributed by atoms with Gasteiger partial charge in [-0.25, -0.2) is 9.59 Å². The van der Waals surface area contributed by atoms with Crippen LogP contribution in [0.5, 0.6) is 0 Å². The van der Waals surface area contributed by atoms with Gasteiger partial charge in [-0.3, -0.25) is 4.90 Å². The van der Waals surface area contributed by atoms with Crippen LogP contribution in [0.2, 0.25) is 0 Å². The second kappa shape index (κ2) is 5.63. The Bertz CT molecular complexity index is 571. The molecule has 0 aliphatic carbocycles. The lowest BCUT2D eigenvalue weighted by Gasteiger charge is -2.29. The third-order valence-corrected chi connectivity index (χ3v) is 3.06. The molecule has 0 fully saturated rings. The largest absolute Gasteiger partial charge is 0.478 e. The van der Waals surface area contributed by atoms with Crippen LogP contribution in [0.4, 0.5) is 23.7 Å². The summed E-state index contributed by atoms with van der Waals surface area (Å²) < 4.78 is 40.4. The van der Waals surface area contributed by atoms with Crippen molar-refractivity contribution in [2.45, 2.75) is 19.0 Å². The van der Waals surface area contributed by atoms with E-state index in [1.165, 1.54) is 18.2 Å². The van der Waals surface area contributed by atoms with Gasteiger partial charge in [-0.15, -0.1) is 0 Å². The molecule has 114 valence electrons. The third kappa shape index (κ3) is 3.45. The summed E-state index contributed by atoms with van der Waals surface area (Å²) in [5.41, 5.74) is 0.759. The average molecular weight is 303 g/mol. The molecule has 0 saturated heterocycles. The molecule has 1 amide bonds. The Labute approximate surface area is 117 Å². The first-order valence-electron chi connectivity index (χ1n) is 6.16. The number of carbonyl (C=O) groups excluding carboxylic acids is 1. The van der Waals surface area contributed by atoms with Crippen molar-refractivity contribution in [2.24, 2.45) is 0 Å². The van der Waals surface area contributed by atoms with Crippen LogP contribution in [0, 0.1) is 0 Å². The molecule has 1 aliphatic rings. The summed E-state index contributed by atoms with van der Waals surface area (Å²) in [6.07, 6.45) is -4.83. The standard InChI is InChI=1S/C13H12F3NO4/c14-13(15,16)7-21-12(20)17-6-2-4-8-9(11(18)19)3-1-5-10(8)17/h1,3,5H,2,4,6-7H2,(H,18,19). The number of carboxylic acids is 1. The van der Waals surface area contributed by atoms with Gasteiger partial charge < -0.3 is 9.84 Å². The first-order valence-corrected chi connectivity index (χ1v) is 6.16. The number of anilines is 1. The number of halogens is 3. The fraction of sp³-hybridized carbons (Fsp3) is 0.385. The normalized spacial score (nSPS) is 14.5. The van der Waals surface area contributed by atoms with E-state index in [0.29, 0.717) is 18.4 Å². The number of carboxylic acid groups (broad SMARTS) is 1. The number of ether oxygens (including phenoxy) is 1. The van der Waals surface area contributed by atoms with Crippen LogP contribution in [-0.2, 0) is 11.2 Å². The van der Waals surface area contributed by atoms with Gasteiger partial charge >= 0.3 is 18.2 Å². The lowest BCUT2D eigenvalue weighted by atomic mass is 9.96. The molecule has 0 saturated carbocycles. The molecule has 1 aliphatic heterocycles. The van der Waals surface area contributed by atoms with Crippen molar-refractivity contribution in [3.05, 3.63) is 29.3 Å². The SMILES string of the molecule is O=C(O)c1cccc2c1CCCN2C(=O)OCC(F)(F)F. The van der Waals surface area contributed by atoms with E-state index in [9.17, 15) is 22.8 Å². The molecule has 1 aromatic carbocycles. The fourth-order valence-electron chi connectivity index (χ4n) is 2.24. The Hall–Kier alpha value is -2.25. The highest BCUT2D eigenvalue weighted by molar-refractivity contribution is 5.95. The van der Waals surface area contributed by atoms with Crippen LogP contribution in [-0.4, -0.2) is 36.5 Å². The van der Waals surface area contributed by atoms with Crippen LogP contribution >= 0.6 is 0 Å². The highest BCUT2D eigenvalue weighted by Crippen LogP contribution is 2.30. The van der Waals surface area contributed by atoms with E-state index in [0.717, 1.165) is 4.90 Å². The molecule has 0 radical (unpaired) electrons. The molecule has 1 aromatic rings. The molecule has 8 heteroatoms. The molecular weight excluding hydrogens is 291 g/mol. The van der Waals surface area contributed by atoms with Gasteiger partial charge in [-0.05, 0) is 30.5 Å². The zero-order valence-electron chi connectivity index (χ0n) is 10.8. The van der Waals surface area contributed by atoms with Gasteiger partial charge in [0.15, 0.2) is 6.61 Å². The van der Waals surface area contributed by atoms with Gasteiger partial charge in [-0.2, -0.15) is 13.2 Å². The van der Waals surface area contributed by atoms with Crippen molar-refractivity contribution in [2.75, 3.05) is 18.1 Å². The number of benzene rings is 1. The Morgan fingerprint density at radius 2 is 2.05 bits per heavy atom. The summed E-state index contributed by atoms with van der Waals surface area (Å²) in [7, 11) is 0. The Balaban J connectivity index is 2.24. The number of carbonyl (C=O) groups is 2. The lowest BCUT2D eigenvalue weighted by molar-refractivity contribution is -0.159. The number of alkyl halides is 3. The molecule has 0 spiro atoms. The highest BCUT2D eigenvalue weighted by atomic mass is 19.4. The maximum absolute atomic E-state index is 12.1. The third-order valence-electron chi connectivity index (χ3n) is 3.06. The topological polar surface area (TPSA) is 66.8 Å². The van der Waals surface area contributed by atoms with E-state index >= 15 is 0 Å². The van der Waals surface area contributed by atoms with Gasteiger partial charge in [0.05, 0.1) is 11.3 Å². The summed E-state index contributed by atoms with van der Waals surface area (Å²) in [6, 6.07) is 4.33. The van der Waals surface area contributed by atoms with Crippen LogP contribution in [0.25, 0.3) is 0 Å². The smallest absolute Gasteiger partial charge is 0.422 e. The Kier molecular flexibility index (Phi) is 4.06. The van der Waals surface area contributed by atoms with E-state index in [4.69, 9.17) is 5.11 Å². The van der Waals surface area contributed by atoms with Gasteiger partial charge in [0.25, 0.3) is 0 Å². The summed E-state index contributed by atoms with van der Waals surface area (Å²) in [6.45, 7) is -1.48. The highest BCUT2D eigenvalue weighted by Gasteiger charge is 2.32. The summed E-state index contributed by atoms with van der Waals surface area (Å²) in [5.74, 6) is -1.14. The number of rotatable bonds is 2. The lowest BCUT2D eigenvalue weighted by Crippen LogP contribution is -2.38. The van der Waals surface area contributed by atoms with Crippen molar-refractivity contribution >= 4 is 17.7 Å². The zero-order chi connectivity index (χ0) is 15.6. The average Bonchev–Trinajstić information content (AvgIpc) is 2.42. The van der Waals surface area contributed by atoms with Gasteiger partial charge in [0, 0.05) is 6.54 Å². The molecule has 21 heavy (non-hydrogen) atoms. The minimum Gasteiger partial charge on any atom is -0.478 e. The molecule has 0 atom stereocenters. The zero-order valence-corrected chi connectivity index (χ0v) is 10.8. The number of fused-ring (bicyclic) bond motifs is 1. The summed E-state index contributed by atoms with van der Waals surface area (Å²) in [5, 5.41) is 9.09. The Morgan fingerprint density at radius 1 is 1.33 bits per heavy atom. The summed E-state index contributed by atoms with van der Waals surface area (Å²) in [4.78, 5) is 23.9. The number of aromatic carboxylic acids is 1. The second-order valence-corrected chi connectivity index (χ2v) is 4.53. The monoisotopic (exact) mass is 303 g/mol. The van der Waals surface area contributed by atoms with Crippen LogP contribution < -0.4 is 4.90 Å². The van der Waals surface area contributed by atoms with Crippen LogP contribution in [0.1, 0.15) is 22.3 Å². The van der Waals surface area contributed by atoms with E-state index in [2.05, 4.69) is 4.74 Å². The first kappa shape index (κ1) is 15.1. The molecule has 1 N–H and O–H groups in total. The summed E-state index contributed by atoms with van der Waals surface area (Å²) >= 11 is 0. The fourth-order valence-corrected chi connectivity index (χ4v) is 2.24. The molecule has 0 bridgehead atoms. The molecule has 0 aromatic heterocycles. The van der Waals surface area contributed by atoms with Crippen molar-refractivity contribution in [1.82, 2.24) is 0 Å². The van der Waals surface area contributed by atoms with E-state index in [1.807, 2.05) is 0 Å². The van der Waals surface area contributed by atoms with Crippen molar-refractivity contribution in [3.63, 3.8) is 0 Å². The van der Waals surface area contributed by atoms with Crippen molar-refractivity contribution in [3.8, 4) is 0 Å². The molecular formula is C13H12F3NO4. The predicted molar refractivity (Wildman–Crippen MR) is 66.5 cm³/mol. The Morgan fingerprint density at radius 3 is 2.67 bits per heavy atom. The molecule has 5 nitrogen and oxygen atoms in total. The number of hydrogen-bond acceptors (Lipinski definition) is 3. The maximum atomic E-state index is 12.1. The van der Waals surface area contributed by atoms with Gasteiger partial charge in [0.2, 0.25) is 0 Å². The minimum absolute atomic E-state index is 0.0424. The van der Waals surface area contributed by atoms with E-state index < -0.39 is 24.8 Å². The maximum Gasteiger partial charge on any atom is 0.422 e. The van der Waals surface area contributed by atoms with Crippen molar-refractivity contribution < 1.29 is 32.6 Å². The molecule has 1 heterocycles. The van der Waals surface area contributed by atoms with Crippen LogP contribution in [0.3, 0.4) is 0 Å². The molecule has 2 rings (SSSR count). The van der Waals surface area contributed by atoms with Crippen molar-refractivity contribution in [1.29, 1.82) is 0 Å². The quantitative estimate of drug-likeness (QED) is 0.912. The van der Waals surface area contributed by atoms with Gasteiger partial charge in [0.1, 0.15) is 0 Å². The van der Waals surface area contributed by atoms with Crippen LogP contribution in [0.15, 0.2) is 18.2 Å².